The Morgan fingerprint density at radius 2 is 1.90 bits per heavy atom. The van der Waals surface area contributed by atoms with Crippen molar-refractivity contribution in [2.24, 2.45) is 0 Å². The fourth-order valence-corrected chi connectivity index (χ4v) is 3.72. The predicted octanol–water partition coefficient (Wildman–Crippen LogP) is 2.40. The zero-order chi connectivity index (χ0) is 20.2. The van der Waals surface area contributed by atoms with Gasteiger partial charge in [-0.3, -0.25) is 4.79 Å². The van der Waals surface area contributed by atoms with Gasteiger partial charge in [-0.05, 0) is 30.5 Å². The third kappa shape index (κ3) is 4.20. The second-order valence-electron chi connectivity index (χ2n) is 6.47. The van der Waals surface area contributed by atoms with Crippen LogP contribution in [0.15, 0.2) is 47.8 Å². The number of esters is 1. The lowest BCUT2D eigenvalue weighted by Gasteiger charge is -2.28. The first-order valence-corrected chi connectivity index (χ1v) is 10.2. The summed E-state index contributed by atoms with van der Waals surface area (Å²) in [5.74, 6) is -0.515. The molecule has 9 heteroatoms. The Morgan fingerprint density at radius 1 is 1.14 bits per heavy atom. The molecule has 150 valence electrons. The van der Waals surface area contributed by atoms with Gasteiger partial charge in [-0.25, -0.2) is 9.48 Å². The molecular formula is C20H20N4O4S. The van der Waals surface area contributed by atoms with Crippen molar-refractivity contribution in [3.63, 3.8) is 0 Å². The molecule has 0 saturated carbocycles. The number of carbonyl (C=O) groups excluding carboxylic acids is 2. The molecule has 0 N–H and O–H groups in total. The zero-order valence-electron chi connectivity index (χ0n) is 15.9. The van der Waals surface area contributed by atoms with E-state index in [1.807, 2.05) is 47.8 Å². The SMILES string of the molecule is CC(OC(=O)c1nc(-c2cccs2)n(-c2ccccc2)n1)C(=O)N1CCOCC1. The Balaban J connectivity index is 1.56. The van der Waals surface area contributed by atoms with Crippen LogP contribution in [0, 0.1) is 0 Å². The molecular weight excluding hydrogens is 392 g/mol. The third-order valence-corrected chi connectivity index (χ3v) is 5.35. The number of aromatic nitrogens is 3. The van der Waals surface area contributed by atoms with Crippen molar-refractivity contribution in [3.05, 3.63) is 53.7 Å². The summed E-state index contributed by atoms with van der Waals surface area (Å²) < 4.78 is 12.2. The molecule has 1 unspecified atom stereocenters. The van der Waals surface area contributed by atoms with Gasteiger partial charge in [0.2, 0.25) is 0 Å². The van der Waals surface area contributed by atoms with Crippen LogP contribution in [-0.2, 0) is 14.3 Å². The van der Waals surface area contributed by atoms with E-state index in [0.29, 0.717) is 32.1 Å². The lowest BCUT2D eigenvalue weighted by Crippen LogP contribution is -2.46. The van der Waals surface area contributed by atoms with Crippen molar-refractivity contribution in [3.8, 4) is 16.4 Å². The molecule has 0 bridgehead atoms. The Hall–Kier alpha value is -3.04. The molecule has 0 spiro atoms. The van der Waals surface area contributed by atoms with Crippen molar-refractivity contribution < 1.29 is 19.1 Å². The van der Waals surface area contributed by atoms with Crippen LogP contribution in [0.5, 0.6) is 0 Å². The smallest absolute Gasteiger partial charge is 0.379 e. The molecule has 1 atom stereocenters. The molecule has 8 nitrogen and oxygen atoms in total. The van der Waals surface area contributed by atoms with E-state index >= 15 is 0 Å². The number of thiophene rings is 1. The average Bonchev–Trinajstić information content (AvgIpc) is 3.44. The molecule has 1 aliphatic rings. The number of carbonyl (C=O) groups is 2. The maximum Gasteiger partial charge on any atom is 0.379 e. The molecule has 1 aromatic carbocycles. The van der Waals surface area contributed by atoms with E-state index in [4.69, 9.17) is 9.47 Å². The van der Waals surface area contributed by atoms with Crippen molar-refractivity contribution in [1.82, 2.24) is 19.7 Å². The zero-order valence-corrected chi connectivity index (χ0v) is 16.7. The quantitative estimate of drug-likeness (QED) is 0.598. The van der Waals surface area contributed by atoms with Crippen molar-refractivity contribution in [1.29, 1.82) is 0 Å². The van der Waals surface area contributed by atoms with Gasteiger partial charge in [-0.1, -0.05) is 24.3 Å². The van der Waals surface area contributed by atoms with Gasteiger partial charge < -0.3 is 14.4 Å². The molecule has 1 fully saturated rings. The number of benzene rings is 1. The van der Waals surface area contributed by atoms with Gasteiger partial charge in [0.1, 0.15) is 0 Å². The van der Waals surface area contributed by atoms with E-state index < -0.39 is 12.1 Å². The highest BCUT2D eigenvalue weighted by molar-refractivity contribution is 7.13. The fourth-order valence-electron chi connectivity index (χ4n) is 3.02. The molecule has 4 rings (SSSR count). The van der Waals surface area contributed by atoms with E-state index in [-0.39, 0.29) is 11.7 Å². The second kappa shape index (κ2) is 8.54. The normalized spacial score (nSPS) is 15.1. The summed E-state index contributed by atoms with van der Waals surface area (Å²) in [6.45, 7) is 3.51. The van der Waals surface area contributed by atoms with Crippen LogP contribution in [0.2, 0.25) is 0 Å². The first-order chi connectivity index (χ1) is 14.1. The number of hydrogen-bond acceptors (Lipinski definition) is 7. The minimum atomic E-state index is -0.922. The van der Waals surface area contributed by atoms with Crippen LogP contribution in [0.1, 0.15) is 17.5 Å². The first-order valence-electron chi connectivity index (χ1n) is 9.27. The Bertz CT molecular complexity index is 981. The third-order valence-electron chi connectivity index (χ3n) is 4.49. The summed E-state index contributed by atoms with van der Waals surface area (Å²) in [6, 6.07) is 13.3. The molecule has 3 aromatic rings. The fraction of sp³-hybridized carbons (Fsp3) is 0.300. The monoisotopic (exact) mass is 412 g/mol. The van der Waals surface area contributed by atoms with Gasteiger partial charge in [0.05, 0.1) is 23.8 Å². The van der Waals surface area contributed by atoms with Crippen LogP contribution in [0.4, 0.5) is 0 Å². The summed E-state index contributed by atoms with van der Waals surface area (Å²) in [7, 11) is 0. The second-order valence-corrected chi connectivity index (χ2v) is 7.42. The van der Waals surface area contributed by atoms with Gasteiger partial charge in [-0.15, -0.1) is 16.4 Å². The number of nitrogens with zero attached hydrogens (tertiary/aromatic N) is 4. The Labute approximate surface area is 171 Å². The average molecular weight is 412 g/mol. The topological polar surface area (TPSA) is 86.5 Å². The Kier molecular flexibility index (Phi) is 5.68. The highest BCUT2D eigenvalue weighted by atomic mass is 32.1. The lowest BCUT2D eigenvalue weighted by atomic mass is 10.3. The molecule has 1 aliphatic heterocycles. The van der Waals surface area contributed by atoms with E-state index in [1.165, 1.54) is 11.3 Å². The van der Waals surface area contributed by atoms with E-state index in [2.05, 4.69) is 10.1 Å². The van der Waals surface area contributed by atoms with Crippen LogP contribution in [0.25, 0.3) is 16.4 Å². The van der Waals surface area contributed by atoms with Gasteiger partial charge in [0.25, 0.3) is 11.7 Å². The van der Waals surface area contributed by atoms with Crippen molar-refractivity contribution >= 4 is 23.2 Å². The minimum absolute atomic E-state index is 0.0844. The van der Waals surface area contributed by atoms with Gasteiger partial charge in [0, 0.05) is 13.1 Å². The molecule has 0 aliphatic carbocycles. The molecule has 2 aromatic heterocycles. The first kappa shape index (κ1) is 19.3. The van der Waals surface area contributed by atoms with Crippen LogP contribution in [-0.4, -0.2) is 63.9 Å². The number of morpholine rings is 1. The highest BCUT2D eigenvalue weighted by Gasteiger charge is 2.28. The van der Waals surface area contributed by atoms with Gasteiger partial charge in [0.15, 0.2) is 11.9 Å². The largest absolute Gasteiger partial charge is 0.447 e. The summed E-state index contributed by atoms with van der Waals surface area (Å²) >= 11 is 1.50. The van der Waals surface area contributed by atoms with Crippen molar-refractivity contribution in [2.45, 2.75) is 13.0 Å². The number of rotatable bonds is 5. The Morgan fingerprint density at radius 3 is 2.59 bits per heavy atom. The molecule has 29 heavy (non-hydrogen) atoms. The van der Waals surface area contributed by atoms with E-state index in [1.54, 1.807) is 16.5 Å². The van der Waals surface area contributed by atoms with E-state index in [0.717, 1.165) is 10.6 Å². The maximum absolute atomic E-state index is 12.7. The van der Waals surface area contributed by atoms with Crippen molar-refractivity contribution in [2.75, 3.05) is 26.3 Å². The number of ether oxygens (including phenoxy) is 2. The molecule has 0 radical (unpaired) electrons. The summed E-state index contributed by atoms with van der Waals surface area (Å²) in [5.41, 5.74) is 0.778. The number of hydrogen-bond donors (Lipinski definition) is 0. The van der Waals surface area contributed by atoms with Crippen LogP contribution < -0.4 is 0 Å². The predicted molar refractivity (Wildman–Crippen MR) is 107 cm³/mol. The summed E-state index contributed by atoms with van der Waals surface area (Å²) in [4.78, 5) is 32.1. The summed E-state index contributed by atoms with van der Waals surface area (Å²) in [5, 5.41) is 6.28. The lowest BCUT2D eigenvalue weighted by molar-refractivity contribution is -0.143. The molecule has 1 amide bonds. The van der Waals surface area contributed by atoms with Crippen LogP contribution >= 0.6 is 11.3 Å². The maximum atomic E-state index is 12.7. The number of para-hydroxylation sites is 1. The minimum Gasteiger partial charge on any atom is -0.447 e. The van der Waals surface area contributed by atoms with E-state index in [9.17, 15) is 9.59 Å². The highest BCUT2D eigenvalue weighted by Crippen LogP contribution is 2.25. The van der Waals surface area contributed by atoms with Crippen LogP contribution in [0.3, 0.4) is 0 Å². The van der Waals surface area contributed by atoms with Gasteiger partial charge >= 0.3 is 5.97 Å². The molecule has 3 heterocycles. The molecule has 1 saturated heterocycles. The van der Waals surface area contributed by atoms with Gasteiger partial charge in [-0.2, -0.15) is 4.98 Å². The standard InChI is InChI=1S/C20H20N4O4S/c1-14(19(25)23-9-11-27-12-10-23)28-20(26)17-21-18(16-8-5-13-29-16)24(22-17)15-6-3-2-4-7-15/h2-8,13-14H,9-12H2,1H3. The summed E-state index contributed by atoms with van der Waals surface area (Å²) in [6.07, 6.45) is -0.922. The number of amides is 1.